The predicted octanol–water partition coefficient (Wildman–Crippen LogP) is 1.10. The zero-order chi connectivity index (χ0) is 27.4. The molecule has 2 aromatic rings. The molecular formula is C17H18FN3O6S. The fourth-order valence-corrected chi connectivity index (χ4v) is 3.13. The molecule has 1 aliphatic heterocycles. The van der Waals surface area contributed by atoms with Gasteiger partial charge in [-0.2, -0.15) is 12.7 Å². The van der Waals surface area contributed by atoms with Crippen molar-refractivity contribution >= 4 is 32.9 Å². The van der Waals surface area contributed by atoms with Gasteiger partial charge in [-0.3, -0.25) is 9.35 Å². The molecule has 1 aliphatic carbocycles. The molecule has 2 heterocycles. The van der Waals surface area contributed by atoms with E-state index in [4.69, 9.17) is 11.0 Å². The van der Waals surface area contributed by atoms with Gasteiger partial charge in [0.25, 0.3) is 0 Å². The molecule has 1 aromatic carbocycles. The van der Waals surface area contributed by atoms with Crippen LogP contribution in [0.1, 0.15) is 40.2 Å². The molecule has 0 radical (unpaired) electrons. The van der Waals surface area contributed by atoms with Crippen LogP contribution in [0.5, 0.6) is 0 Å². The average molecular weight is 419 g/mol. The van der Waals surface area contributed by atoms with Crippen LogP contribution < -0.4 is 10.3 Å². The largest absolute Gasteiger partial charge is 0.477 e. The first-order chi connectivity index (χ1) is 16.2. The van der Waals surface area contributed by atoms with Crippen molar-refractivity contribution in [1.82, 2.24) is 8.87 Å². The monoisotopic (exact) mass is 419 g/mol. The quantitative estimate of drug-likeness (QED) is 0.712. The number of anilines is 1. The minimum Gasteiger partial charge on any atom is -0.477 e. The van der Waals surface area contributed by atoms with Crippen molar-refractivity contribution in [3.05, 3.63) is 39.9 Å². The molecule has 0 spiro atoms. The van der Waals surface area contributed by atoms with Gasteiger partial charge in [-0.05, 0) is 25.0 Å². The first kappa shape index (κ1) is 11.5. The van der Waals surface area contributed by atoms with Gasteiger partial charge in [0, 0.05) is 49.1 Å². The number of hydrogen-bond acceptors (Lipinski definition) is 5. The fourth-order valence-electron chi connectivity index (χ4n) is 2.82. The highest BCUT2D eigenvalue weighted by molar-refractivity contribution is 7.83. The van der Waals surface area contributed by atoms with Gasteiger partial charge in [0.05, 0.1) is 16.7 Å². The Morgan fingerprint density at radius 3 is 2.39 bits per heavy atom. The lowest BCUT2D eigenvalue weighted by Gasteiger charge is -2.34. The summed E-state index contributed by atoms with van der Waals surface area (Å²) in [5.74, 6) is -3.12. The second-order valence-corrected chi connectivity index (χ2v) is 7.42. The zero-order valence-corrected chi connectivity index (χ0v) is 14.7. The van der Waals surface area contributed by atoms with Gasteiger partial charge in [-0.25, -0.2) is 9.18 Å². The Morgan fingerprint density at radius 1 is 1.21 bits per heavy atom. The van der Waals surface area contributed by atoms with E-state index in [9.17, 15) is 27.7 Å². The summed E-state index contributed by atoms with van der Waals surface area (Å²) in [4.78, 5) is 23.9. The van der Waals surface area contributed by atoms with Gasteiger partial charge in [-0.1, -0.05) is 0 Å². The number of benzene rings is 1. The van der Waals surface area contributed by atoms with Gasteiger partial charge in [0.15, 0.2) is 0 Å². The van der Waals surface area contributed by atoms with Crippen LogP contribution in [0.3, 0.4) is 0 Å². The van der Waals surface area contributed by atoms with E-state index in [1.54, 1.807) is 0 Å². The smallest absolute Gasteiger partial charge is 0.341 e. The van der Waals surface area contributed by atoms with Gasteiger partial charge >= 0.3 is 16.3 Å². The van der Waals surface area contributed by atoms with E-state index in [0.29, 0.717) is 18.9 Å². The number of halogens is 1. The third-order valence-electron chi connectivity index (χ3n) is 4.27. The number of rotatable bonds is 4. The van der Waals surface area contributed by atoms with Crippen LogP contribution in [0, 0.1) is 5.82 Å². The van der Waals surface area contributed by atoms with Gasteiger partial charge in [0.2, 0.25) is 5.43 Å². The van der Waals surface area contributed by atoms with Crippen molar-refractivity contribution in [1.29, 1.82) is 0 Å². The van der Waals surface area contributed by atoms with Crippen LogP contribution in [0.4, 0.5) is 10.1 Å². The highest BCUT2D eigenvalue weighted by atomic mass is 32.2. The summed E-state index contributed by atoms with van der Waals surface area (Å²) in [6.45, 7) is -15.6. The van der Waals surface area contributed by atoms with E-state index < -0.39 is 74.4 Å². The van der Waals surface area contributed by atoms with Crippen molar-refractivity contribution in [2.24, 2.45) is 0 Å². The highest BCUT2D eigenvalue weighted by Crippen LogP contribution is 2.38. The molecule has 2 N–H and O–H groups in total. The minimum absolute atomic E-state index is 0.158. The molecule has 0 amide bonds. The van der Waals surface area contributed by atoms with Crippen LogP contribution in [0.15, 0.2) is 23.1 Å². The molecule has 1 aromatic heterocycles. The lowest BCUT2D eigenvalue weighted by Crippen LogP contribution is -2.48. The van der Waals surface area contributed by atoms with Gasteiger partial charge < -0.3 is 14.6 Å². The normalized spacial score (nSPS) is 30.0. The van der Waals surface area contributed by atoms with Crippen LogP contribution in [0.25, 0.3) is 10.9 Å². The molecule has 2 aliphatic rings. The maximum absolute atomic E-state index is 15.4. The molecule has 2 fully saturated rings. The Bertz CT molecular complexity index is 1450. The highest BCUT2D eigenvalue weighted by Gasteiger charge is 2.29. The van der Waals surface area contributed by atoms with Crippen molar-refractivity contribution in [3.63, 3.8) is 0 Å². The Hall–Kier alpha value is -2.50. The summed E-state index contributed by atoms with van der Waals surface area (Å²) in [7, 11) is -5.88. The first-order valence-corrected chi connectivity index (χ1v) is 9.28. The number of carbonyl (C=O) groups is 1. The predicted molar refractivity (Wildman–Crippen MR) is 98.7 cm³/mol. The summed E-state index contributed by atoms with van der Waals surface area (Å²) in [5.41, 5.74) is -3.00. The maximum atomic E-state index is 15.4. The van der Waals surface area contributed by atoms with E-state index >= 15 is 4.39 Å². The van der Waals surface area contributed by atoms with Crippen LogP contribution in [-0.4, -0.2) is 58.9 Å². The van der Waals surface area contributed by atoms with E-state index in [2.05, 4.69) is 0 Å². The van der Waals surface area contributed by atoms with Crippen molar-refractivity contribution in [2.75, 3.05) is 30.9 Å². The van der Waals surface area contributed by atoms with Crippen molar-refractivity contribution in [3.8, 4) is 0 Å². The van der Waals surface area contributed by atoms with Crippen LogP contribution in [0.2, 0.25) is 0 Å². The second-order valence-electron chi connectivity index (χ2n) is 6.16. The van der Waals surface area contributed by atoms with Crippen molar-refractivity contribution in [2.45, 2.75) is 18.9 Å². The summed E-state index contributed by atoms with van der Waals surface area (Å²) in [5, 5.41) is 8.90. The third kappa shape index (κ3) is 3.25. The van der Waals surface area contributed by atoms with E-state index in [0.717, 1.165) is 12.3 Å². The number of piperazine rings is 1. The van der Waals surface area contributed by atoms with Crippen molar-refractivity contribution < 1.29 is 38.2 Å². The van der Waals surface area contributed by atoms with E-state index in [1.807, 2.05) is 0 Å². The Morgan fingerprint density at radius 2 is 1.86 bits per heavy atom. The minimum atomic E-state index is -5.88. The molecule has 1 saturated carbocycles. The molecule has 28 heavy (non-hydrogen) atoms. The van der Waals surface area contributed by atoms with Crippen LogP contribution >= 0.6 is 0 Å². The standard InChI is InChI=1S/C17H18FN3O6S/c18-13-7-11-14(21(10-1-2-10)9-12(16(11)22)17(23)24)8-15(13)19-3-5-20(6-4-19)28(25,26)27/h7-10H,1-6H2,(H,23,24)(H,25,26,27)/i3D2,4D2,5D2,6D2. The molecule has 0 bridgehead atoms. The van der Waals surface area contributed by atoms with Gasteiger partial charge in [-0.15, -0.1) is 0 Å². The maximum Gasteiger partial charge on any atom is 0.341 e. The molecule has 0 atom stereocenters. The van der Waals surface area contributed by atoms with E-state index in [1.165, 1.54) is 4.57 Å². The lowest BCUT2D eigenvalue weighted by atomic mass is 10.1. The molecule has 11 heteroatoms. The number of aromatic nitrogens is 1. The Labute approximate surface area is 170 Å². The zero-order valence-electron chi connectivity index (χ0n) is 21.9. The SMILES string of the molecule is [2H]C1([2H])N(c2cc3c(cc2F)c(=O)c(C(=O)O)cn3C2CC2)C([2H])([2H])C([2H])([2H])N(S(=O)(=O)O)C1([2H])[2H]. The molecular weight excluding hydrogens is 393 g/mol. The molecule has 0 unspecified atom stereocenters. The molecule has 1 saturated heterocycles. The Kier molecular flexibility index (Phi) is 2.68. The fraction of sp³-hybridized carbons (Fsp3) is 0.412. The lowest BCUT2D eigenvalue weighted by molar-refractivity contribution is 0.0694. The number of carboxylic acids is 1. The summed E-state index contributed by atoms with van der Waals surface area (Å²) in [6, 6.07) is 0.929. The third-order valence-corrected chi connectivity index (χ3v) is 4.91. The number of nitrogens with zero attached hydrogens (tertiary/aromatic N) is 3. The summed E-state index contributed by atoms with van der Waals surface area (Å²) in [6.07, 6.45) is 2.08. The number of pyridine rings is 1. The van der Waals surface area contributed by atoms with Crippen LogP contribution in [-0.2, 0) is 10.3 Å². The van der Waals surface area contributed by atoms with Gasteiger partial charge in [0.1, 0.15) is 11.4 Å². The first-order valence-electron chi connectivity index (χ1n) is 11.9. The summed E-state index contributed by atoms with van der Waals surface area (Å²) < 4.78 is 114. The molecule has 4 rings (SSSR count). The summed E-state index contributed by atoms with van der Waals surface area (Å²) >= 11 is 0. The number of aromatic carboxylic acids is 1. The average Bonchev–Trinajstić information content (AvgIpc) is 3.51. The topological polar surface area (TPSA) is 120 Å². The van der Waals surface area contributed by atoms with E-state index in [-0.39, 0.29) is 16.5 Å². The number of hydrogen-bond donors (Lipinski definition) is 2. The molecule has 9 nitrogen and oxygen atoms in total. The second kappa shape index (κ2) is 6.54. The molecule has 150 valence electrons. The number of carboxylic acid groups (broad SMARTS) is 1. The Balaban J connectivity index is 2.07. The number of fused-ring (bicyclic) bond motifs is 1.